The number of methoxy groups -OCH3 is 1. The summed E-state index contributed by atoms with van der Waals surface area (Å²) in [6.07, 6.45) is -0.684. The van der Waals surface area contributed by atoms with Gasteiger partial charge in [0.15, 0.2) is 0 Å². The van der Waals surface area contributed by atoms with E-state index in [-0.39, 0.29) is 19.1 Å². The van der Waals surface area contributed by atoms with Gasteiger partial charge in [-0.15, -0.1) is 0 Å². The Bertz CT molecular complexity index is 434. The van der Waals surface area contributed by atoms with E-state index in [0.717, 1.165) is 15.6 Å². The van der Waals surface area contributed by atoms with Crippen molar-refractivity contribution < 1.29 is 14.6 Å². The summed E-state index contributed by atoms with van der Waals surface area (Å²) in [4.78, 5) is 12.0. The average molecular weight is 316 g/mol. The average Bonchev–Trinajstić information content (AvgIpc) is 2.31. The fourth-order valence-electron chi connectivity index (χ4n) is 1.58. The second kappa shape index (κ2) is 6.87. The fourth-order valence-corrected chi connectivity index (χ4v) is 2.04. The minimum atomic E-state index is -0.684. The smallest absolute Gasteiger partial charge is 0.251 e. The molecule has 0 aliphatic rings. The van der Waals surface area contributed by atoms with E-state index in [9.17, 15) is 9.90 Å². The molecule has 100 valence electrons. The number of benzene rings is 1. The Morgan fingerprint density at radius 2 is 2.11 bits per heavy atom. The summed E-state index contributed by atoms with van der Waals surface area (Å²) in [7, 11) is 1.51. The van der Waals surface area contributed by atoms with Crippen LogP contribution in [0.15, 0.2) is 16.6 Å². The van der Waals surface area contributed by atoms with E-state index >= 15 is 0 Å². The minimum absolute atomic E-state index is 0.182. The molecule has 2 N–H and O–H groups in total. The highest BCUT2D eigenvalue weighted by Gasteiger charge is 2.12. The quantitative estimate of drug-likeness (QED) is 0.871. The number of aliphatic hydroxyl groups excluding tert-OH is 1. The Balaban J connectivity index is 2.70. The summed E-state index contributed by atoms with van der Waals surface area (Å²) in [5.41, 5.74) is 2.52. The Labute approximate surface area is 115 Å². The van der Waals surface area contributed by atoms with Gasteiger partial charge in [-0.1, -0.05) is 15.9 Å². The van der Waals surface area contributed by atoms with Gasteiger partial charge < -0.3 is 15.2 Å². The molecule has 1 amide bonds. The van der Waals surface area contributed by atoms with Crippen molar-refractivity contribution >= 4 is 21.8 Å². The van der Waals surface area contributed by atoms with Crippen molar-refractivity contribution in [3.8, 4) is 0 Å². The molecule has 0 saturated heterocycles. The van der Waals surface area contributed by atoms with Crippen LogP contribution in [0.2, 0.25) is 0 Å². The Hall–Kier alpha value is -0.910. The molecule has 1 unspecified atom stereocenters. The van der Waals surface area contributed by atoms with Gasteiger partial charge in [0.05, 0.1) is 12.7 Å². The Morgan fingerprint density at radius 1 is 1.44 bits per heavy atom. The van der Waals surface area contributed by atoms with E-state index < -0.39 is 6.10 Å². The first-order valence-electron chi connectivity index (χ1n) is 5.67. The van der Waals surface area contributed by atoms with Gasteiger partial charge >= 0.3 is 0 Å². The van der Waals surface area contributed by atoms with E-state index in [1.165, 1.54) is 7.11 Å². The summed E-state index contributed by atoms with van der Waals surface area (Å²) >= 11 is 3.42. The third-order valence-electron chi connectivity index (χ3n) is 2.61. The van der Waals surface area contributed by atoms with Gasteiger partial charge in [-0.25, -0.2) is 0 Å². The normalized spacial score (nSPS) is 12.3. The minimum Gasteiger partial charge on any atom is -0.389 e. The number of hydrogen-bond acceptors (Lipinski definition) is 3. The van der Waals surface area contributed by atoms with E-state index in [4.69, 9.17) is 4.74 Å². The van der Waals surface area contributed by atoms with Gasteiger partial charge in [0, 0.05) is 23.7 Å². The third-order valence-corrected chi connectivity index (χ3v) is 3.46. The zero-order valence-corrected chi connectivity index (χ0v) is 12.4. The predicted octanol–water partition coefficient (Wildman–Crippen LogP) is 1.80. The fraction of sp³-hybridized carbons (Fsp3) is 0.462. The van der Waals surface area contributed by atoms with Gasteiger partial charge in [-0.2, -0.15) is 0 Å². The number of ether oxygens (including phenoxy) is 1. The molecule has 0 radical (unpaired) electrons. The number of carbonyl (C=O) groups excluding carboxylic acids is 1. The molecule has 5 heteroatoms. The molecule has 1 atom stereocenters. The topological polar surface area (TPSA) is 58.6 Å². The number of amides is 1. The van der Waals surface area contributed by atoms with Gasteiger partial charge in [0.2, 0.25) is 0 Å². The lowest BCUT2D eigenvalue weighted by Gasteiger charge is -2.13. The number of aryl methyl sites for hydroxylation is 2. The van der Waals surface area contributed by atoms with Gasteiger partial charge in [-0.05, 0) is 37.1 Å². The van der Waals surface area contributed by atoms with Crippen molar-refractivity contribution in [2.45, 2.75) is 20.0 Å². The van der Waals surface area contributed by atoms with E-state index in [0.29, 0.717) is 5.56 Å². The first-order chi connectivity index (χ1) is 8.45. The van der Waals surface area contributed by atoms with Crippen LogP contribution in [0, 0.1) is 13.8 Å². The summed E-state index contributed by atoms with van der Waals surface area (Å²) in [6, 6.07) is 3.74. The second-order valence-corrected chi connectivity index (χ2v) is 5.09. The summed E-state index contributed by atoms with van der Waals surface area (Å²) in [6.45, 7) is 4.20. The van der Waals surface area contributed by atoms with Gasteiger partial charge in [0.25, 0.3) is 5.91 Å². The molecular weight excluding hydrogens is 298 g/mol. The van der Waals surface area contributed by atoms with E-state index in [2.05, 4.69) is 21.2 Å². The molecule has 0 fully saturated rings. The molecule has 1 rings (SSSR count). The van der Waals surface area contributed by atoms with Gasteiger partial charge in [-0.3, -0.25) is 4.79 Å². The summed E-state index contributed by atoms with van der Waals surface area (Å²) in [5.74, 6) is -0.182. The highest BCUT2D eigenvalue weighted by atomic mass is 79.9. The summed E-state index contributed by atoms with van der Waals surface area (Å²) < 4.78 is 5.78. The molecule has 0 aliphatic heterocycles. The molecular formula is C13H18BrNO3. The molecule has 0 aromatic heterocycles. The second-order valence-electron chi connectivity index (χ2n) is 4.24. The molecule has 0 aliphatic carbocycles. The third kappa shape index (κ3) is 4.08. The molecule has 0 spiro atoms. The first-order valence-corrected chi connectivity index (χ1v) is 6.47. The Kier molecular flexibility index (Phi) is 5.78. The lowest BCUT2D eigenvalue weighted by molar-refractivity contribution is 0.0609. The molecule has 0 heterocycles. The summed E-state index contributed by atoms with van der Waals surface area (Å²) in [5, 5.41) is 12.2. The molecule has 0 saturated carbocycles. The number of rotatable bonds is 5. The zero-order chi connectivity index (χ0) is 13.7. The largest absolute Gasteiger partial charge is 0.389 e. The lowest BCUT2D eigenvalue weighted by atomic mass is 10.1. The predicted molar refractivity (Wildman–Crippen MR) is 73.8 cm³/mol. The first kappa shape index (κ1) is 15.1. The van der Waals surface area contributed by atoms with Crippen molar-refractivity contribution in [2.75, 3.05) is 20.3 Å². The van der Waals surface area contributed by atoms with Crippen LogP contribution >= 0.6 is 15.9 Å². The number of halogens is 1. The van der Waals surface area contributed by atoms with E-state index in [1.807, 2.05) is 26.0 Å². The Morgan fingerprint density at radius 3 is 2.72 bits per heavy atom. The van der Waals surface area contributed by atoms with Crippen LogP contribution in [0.3, 0.4) is 0 Å². The van der Waals surface area contributed by atoms with Crippen LogP contribution < -0.4 is 5.32 Å². The highest BCUT2D eigenvalue weighted by Crippen LogP contribution is 2.20. The van der Waals surface area contributed by atoms with Crippen molar-refractivity contribution in [1.82, 2.24) is 5.32 Å². The van der Waals surface area contributed by atoms with Crippen LogP contribution in [-0.4, -0.2) is 37.4 Å². The molecule has 4 nitrogen and oxygen atoms in total. The number of hydrogen-bond donors (Lipinski definition) is 2. The molecule has 1 aromatic rings. The van der Waals surface area contributed by atoms with Crippen LogP contribution in [0.1, 0.15) is 21.5 Å². The van der Waals surface area contributed by atoms with Crippen LogP contribution in [0.4, 0.5) is 0 Å². The van der Waals surface area contributed by atoms with Gasteiger partial charge in [0.1, 0.15) is 0 Å². The highest BCUT2D eigenvalue weighted by molar-refractivity contribution is 9.10. The molecule has 18 heavy (non-hydrogen) atoms. The maximum atomic E-state index is 12.0. The maximum absolute atomic E-state index is 12.0. The lowest BCUT2D eigenvalue weighted by Crippen LogP contribution is -2.34. The molecule has 1 aromatic carbocycles. The van der Waals surface area contributed by atoms with Crippen molar-refractivity contribution in [3.63, 3.8) is 0 Å². The number of aliphatic hydroxyl groups is 1. The maximum Gasteiger partial charge on any atom is 0.251 e. The van der Waals surface area contributed by atoms with Crippen LogP contribution in [0.5, 0.6) is 0 Å². The SMILES string of the molecule is COCC(O)CNC(=O)c1cc(C)c(Br)cc1C. The van der Waals surface area contributed by atoms with Crippen molar-refractivity contribution in [3.05, 3.63) is 33.3 Å². The van der Waals surface area contributed by atoms with Crippen molar-refractivity contribution in [2.24, 2.45) is 0 Å². The number of carbonyl (C=O) groups is 1. The standard InChI is InChI=1S/C13H18BrNO3/c1-8-5-12(14)9(2)4-11(8)13(17)15-6-10(16)7-18-3/h4-5,10,16H,6-7H2,1-3H3,(H,15,17). The number of nitrogens with one attached hydrogen (secondary N) is 1. The van der Waals surface area contributed by atoms with Crippen molar-refractivity contribution in [1.29, 1.82) is 0 Å². The zero-order valence-electron chi connectivity index (χ0n) is 10.8. The van der Waals surface area contributed by atoms with Crippen LogP contribution in [-0.2, 0) is 4.74 Å². The van der Waals surface area contributed by atoms with Crippen LogP contribution in [0.25, 0.3) is 0 Å². The van der Waals surface area contributed by atoms with E-state index in [1.54, 1.807) is 0 Å². The monoisotopic (exact) mass is 315 g/mol. The molecule has 0 bridgehead atoms.